The molecule has 11 heteroatoms. The number of carbonyl (C=O) groups is 2. The highest BCUT2D eigenvalue weighted by molar-refractivity contribution is 7.90. The minimum absolute atomic E-state index is 0.103. The quantitative estimate of drug-likeness (QED) is 0.654. The van der Waals surface area contributed by atoms with Crippen molar-refractivity contribution < 1.29 is 27.1 Å². The van der Waals surface area contributed by atoms with Crippen molar-refractivity contribution in [3.8, 4) is 0 Å². The Morgan fingerprint density at radius 2 is 2.07 bits per heavy atom. The number of aliphatic imine (C=N–C) groups is 1. The number of halogens is 1. The Bertz CT molecular complexity index is 1020. The molecule has 1 aliphatic heterocycles. The zero-order valence-electron chi connectivity index (χ0n) is 16.5. The van der Waals surface area contributed by atoms with Gasteiger partial charge >= 0.3 is 6.09 Å². The highest BCUT2D eigenvalue weighted by Crippen LogP contribution is 2.48. The summed E-state index contributed by atoms with van der Waals surface area (Å²) in [5.74, 6) is -1.47. The van der Waals surface area contributed by atoms with Gasteiger partial charge in [-0.1, -0.05) is 0 Å². The first kappa shape index (κ1) is 21.0. The number of nitrogen functional groups attached to an aromatic ring is 1. The van der Waals surface area contributed by atoms with Gasteiger partial charge in [0.25, 0.3) is 0 Å². The maximum atomic E-state index is 14.7. The number of nitrogens with two attached hydrogens (primary N) is 1. The molecule has 1 aliphatic carbocycles. The molecule has 0 spiro atoms. The van der Waals surface area contributed by atoms with Crippen molar-refractivity contribution in [3.05, 3.63) is 29.6 Å². The summed E-state index contributed by atoms with van der Waals surface area (Å²) in [6.45, 7) is 4.93. The topological polar surface area (TPSA) is 131 Å². The summed E-state index contributed by atoms with van der Waals surface area (Å²) in [6.07, 6.45) is -1.57. The average molecular weight is 426 g/mol. The minimum Gasteiger partial charge on any atom is -0.444 e. The lowest BCUT2D eigenvalue weighted by Crippen LogP contribution is -2.57. The number of hydrogen-bond acceptors (Lipinski definition) is 7. The first-order valence-electron chi connectivity index (χ1n) is 8.91. The fourth-order valence-electron chi connectivity index (χ4n) is 3.60. The van der Waals surface area contributed by atoms with Crippen LogP contribution in [0.15, 0.2) is 23.2 Å². The van der Waals surface area contributed by atoms with Gasteiger partial charge < -0.3 is 10.5 Å². The van der Waals surface area contributed by atoms with Crippen molar-refractivity contribution in [2.45, 2.75) is 50.0 Å². The molecule has 158 valence electrons. The number of sulfonamides is 1. The maximum Gasteiger partial charge on any atom is 0.414 e. The zero-order valence-corrected chi connectivity index (χ0v) is 17.3. The van der Waals surface area contributed by atoms with E-state index >= 15 is 0 Å². The lowest BCUT2D eigenvalue weighted by Gasteiger charge is -2.40. The number of nitrogens with one attached hydrogen (secondary N) is 1. The Balaban J connectivity index is 2.17. The first-order chi connectivity index (χ1) is 13.3. The third kappa shape index (κ3) is 3.66. The molecule has 1 amide bonds. The Morgan fingerprint density at radius 3 is 2.69 bits per heavy atom. The summed E-state index contributed by atoms with van der Waals surface area (Å²) < 4.78 is 46.9. The summed E-state index contributed by atoms with van der Waals surface area (Å²) in [5.41, 5.74) is 3.31. The van der Waals surface area contributed by atoms with Crippen LogP contribution in [0.2, 0.25) is 0 Å². The predicted octanol–water partition coefficient (Wildman–Crippen LogP) is 1.49. The number of alkyl carbamates (subject to hydrolysis) is 1. The van der Waals surface area contributed by atoms with Crippen LogP contribution in [0.1, 0.15) is 39.2 Å². The third-order valence-corrected chi connectivity index (χ3v) is 7.04. The molecule has 1 aromatic rings. The molecule has 0 aromatic heterocycles. The summed E-state index contributed by atoms with van der Waals surface area (Å²) in [4.78, 5) is 28.9. The van der Waals surface area contributed by atoms with E-state index in [4.69, 9.17) is 10.5 Å². The number of amides is 1. The predicted molar refractivity (Wildman–Crippen MR) is 104 cm³/mol. The molecule has 29 heavy (non-hydrogen) atoms. The molecule has 1 saturated carbocycles. The second-order valence-electron chi connectivity index (χ2n) is 8.15. The van der Waals surface area contributed by atoms with Crippen molar-refractivity contribution in [3.63, 3.8) is 0 Å². The maximum absolute atomic E-state index is 14.7. The third-order valence-electron chi connectivity index (χ3n) is 4.83. The number of Topliss-reactive ketones (excluding diaryl/α,β-unsaturated/α-hetero) is 1. The molecule has 1 fully saturated rings. The van der Waals surface area contributed by atoms with E-state index in [9.17, 15) is 22.4 Å². The summed E-state index contributed by atoms with van der Waals surface area (Å²) in [5, 5.41) is 0.995. The molecule has 3 N–H and O–H groups in total. The Hall–Kier alpha value is -2.69. The number of guanidine groups is 1. The molecule has 0 bridgehead atoms. The number of nitrogens with zero attached hydrogens (tertiary/aromatic N) is 2. The molecule has 0 saturated heterocycles. The molecular weight excluding hydrogens is 403 g/mol. The van der Waals surface area contributed by atoms with Gasteiger partial charge in [0.15, 0.2) is 0 Å². The van der Waals surface area contributed by atoms with E-state index in [0.29, 0.717) is 0 Å². The number of rotatable bonds is 1. The number of benzene rings is 1. The van der Waals surface area contributed by atoms with E-state index in [0.717, 1.165) is 10.4 Å². The van der Waals surface area contributed by atoms with Crippen molar-refractivity contribution in [1.29, 1.82) is 0 Å². The van der Waals surface area contributed by atoms with Crippen LogP contribution in [0.25, 0.3) is 0 Å². The van der Waals surface area contributed by atoms with Crippen molar-refractivity contribution in [2.24, 2.45) is 4.99 Å². The monoisotopic (exact) mass is 426 g/mol. The molecule has 2 aliphatic rings. The van der Waals surface area contributed by atoms with Gasteiger partial charge in [-0.15, -0.1) is 0 Å². The van der Waals surface area contributed by atoms with E-state index in [1.807, 2.05) is 0 Å². The van der Waals surface area contributed by atoms with Crippen molar-refractivity contribution in [1.82, 2.24) is 9.62 Å². The van der Waals surface area contributed by atoms with E-state index in [-0.39, 0.29) is 35.8 Å². The van der Waals surface area contributed by atoms with Crippen LogP contribution in [-0.4, -0.2) is 48.5 Å². The second-order valence-corrected chi connectivity index (χ2v) is 10.3. The second kappa shape index (κ2) is 6.68. The normalized spacial score (nSPS) is 26.0. The first-order valence-corrected chi connectivity index (χ1v) is 10.4. The van der Waals surface area contributed by atoms with Crippen LogP contribution in [-0.2, 0) is 25.1 Å². The van der Waals surface area contributed by atoms with Crippen LogP contribution in [0.4, 0.5) is 14.9 Å². The molecular formula is C18H23FN4O5S. The smallest absolute Gasteiger partial charge is 0.414 e. The van der Waals surface area contributed by atoms with Gasteiger partial charge in [-0.05, 0) is 39.0 Å². The average Bonchev–Trinajstić information content (AvgIpc) is 2.91. The van der Waals surface area contributed by atoms with Crippen LogP contribution in [0.5, 0.6) is 0 Å². The van der Waals surface area contributed by atoms with Crippen molar-refractivity contribution >= 4 is 33.5 Å². The van der Waals surface area contributed by atoms with Crippen LogP contribution in [0.3, 0.4) is 0 Å². The minimum atomic E-state index is -4.14. The number of ketones is 1. The van der Waals surface area contributed by atoms with Gasteiger partial charge in [0, 0.05) is 31.1 Å². The largest absolute Gasteiger partial charge is 0.444 e. The van der Waals surface area contributed by atoms with E-state index in [1.54, 1.807) is 20.8 Å². The summed E-state index contributed by atoms with van der Waals surface area (Å²) in [7, 11) is -2.94. The lowest BCUT2D eigenvalue weighted by molar-refractivity contribution is -0.117. The fraction of sp³-hybridized carbons (Fsp3) is 0.500. The Kier molecular flexibility index (Phi) is 4.85. The highest BCUT2D eigenvalue weighted by atomic mass is 32.2. The number of anilines is 1. The Labute approximate surface area is 168 Å². The highest BCUT2D eigenvalue weighted by Gasteiger charge is 2.60. The number of fused-ring (bicyclic) bond motifs is 1. The number of hydrogen-bond donors (Lipinski definition) is 2. The van der Waals surface area contributed by atoms with Gasteiger partial charge in [-0.3, -0.25) is 10.1 Å². The van der Waals surface area contributed by atoms with Gasteiger partial charge in [-0.2, -0.15) is 0 Å². The molecule has 1 aromatic carbocycles. The molecule has 2 atom stereocenters. The number of carbonyl (C=O) groups excluding carboxylic acids is 2. The number of ether oxygens (including phenoxy) is 1. The van der Waals surface area contributed by atoms with E-state index < -0.39 is 38.3 Å². The van der Waals surface area contributed by atoms with Crippen molar-refractivity contribution in [2.75, 3.05) is 12.8 Å². The van der Waals surface area contributed by atoms with Gasteiger partial charge in [-0.25, -0.2) is 26.9 Å². The molecule has 1 heterocycles. The standard InChI is InChI=1S/C18H23FN4O5S/c1-17(2,3)28-16(25)21-15-22-18(12-7-10(20)5-6-13(12)19)9-11(24)8-14(18)29(26,27)23(15)4/h5-7,14H,8-9,20H2,1-4H3,(H,21,22,25). The molecule has 3 rings (SSSR count). The molecule has 0 radical (unpaired) electrons. The van der Waals surface area contributed by atoms with E-state index in [1.165, 1.54) is 19.2 Å². The van der Waals surface area contributed by atoms with Crippen LogP contribution >= 0.6 is 0 Å². The van der Waals surface area contributed by atoms with E-state index in [2.05, 4.69) is 10.3 Å². The SMILES string of the molecule is CN1C(NC(=O)OC(C)(C)C)=NC2(c3cc(N)ccc3F)CC(=O)CC2S1(=O)=O. The van der Waals surface area contributed by atoms with Crippen LogP contribution in [0, 0.1) is 5.82 Å². The lowest BCUT2D eigenvalue weighted by atomic mass is 9.87. The molecule has 9 nitrogen and oxygen atoms in total. The summed E-state index contributed by atoms with van der Waals surface area (Å²) in [6, 6.07) is 3.70. The molecule has 2 unspecified atom stereocenters. The van der Waals surface area contributed by atoms with Gasteiger partial charge in [0.2, 0.25) is 16.0 Å². The van der Waals surface area contributed by atoms with Gasteiger partial charge in [0.1, 0.15) is 28.0 Å². The van der Waals surface area contributed by atoms with Crippen LogP contribution < -0.4 is 11.1 Å². The Morgan fingerprint density at radius 1 is 1.41 bits per heavy atom. The summed E-state index contributed by atoms with van der Waals surface area (Å²) >= 11 is 0. The van der Waals surface area contributed by atoms with Gasteiger partial charge in [0.05, 0.1) is 0 Å². The zero-order chi connectivity index (χ0) is 21.8. The fourth-order valence-corrected chi connectivity index (χ4v) is 5.46.